The van der Waals surface area contributed by atoms with Gasteiger partial charge in [0.2, 0.25) is 0 Å². The highest BCUT2D eigenvalue weighted by Gasteiger charge is 2.36. The molecule has 0 aromatic heterocycles. The molecule has 152 valence electrons. The van der Waals surface area contributed by atoms with Crippen molar-refractivity contribution in [2.75, 3.05) is 39.6 Å². The predicted molar refractivity (Wildman–Crippen MR) is 88.9 cm³/mol. The van der Waals surface area contributed by atoms with E-state index in [1.54, 1.807) is 0 Å². The first-order chi connectivity index (χ1) is 11.5. The zero-order valence-corrected chi connectivity index (χ0v) is 16.2. The Hall–Kier alpha value is -0.340. The SMILES string of the molecule is CCCCOCC(COCCCC)(COS(=O)(=O)O)COS(=O)(=O)O. The predicted octanol–water partition coefficient (Wildman–Crippen LogP) is 1.25. The molecule has 0 saturated heterocycles. The average molecular weight is 408 g/mol. The van der Waals surface area contributed by atoms with Crippen molar-refractivity contribution in [1.82, 2.24) is 0 Å². The lowest BCUT2D eigenvalue weighted by Crippen LogP contribution is -2.43. The Kier molecular flexibility index (Phi) is 12.0. The molecule has 10 nitrogen and oxygen atoms in total. The van der Waals surface area contributed by atoms with E-state index in [2.05, 4.69) is 8.37 Å². The molecule has 0 aliphatic heterocycles. The van der Waals surface area contributed by atoms with E-state index in [1.165, 1.54) is 0 Å². The van der Waals surface area contributed by atoms with E-state index in [0.29, 0.717) is 13.2 Å². The lowest BCUT2D eigenvalue weighted by molar-refractivity contribution is -0.0680. The monoisotopic (exact) mass is 408 g/mol. The van der Waals surface area contributed by atoms with Gasteiger partial charge in [-0.1, -0.05) is 26.7 Å². The molecule has 0 fully saturated rings. The summed E-state index contributed by atoms with van der Waals surface area (Å²) in [5.41, 5.74) is -1.35. The molecule has 0 radical (unpaired) electrons. The molecule has 2 N–H and O–H groups in total. The largest absolute Gasteiger partial charge is 0.397 e. The molecule has 0 rings (SSSR count). The van der Waals surface area contributed by atoms with Gasteiger partial charge in [-0.2, -0.15) is 16.8 Å². The normalized spacial score (nSPS) is 13.3. The van der Waals surface area contributed by atoms with Crippen LogP contribution in [0.2, 0.25) is 0 Å². The van der Waals surface area contributed by atoms with Crippen molar-refractivity contribution in [2.45, 2.75) is 39.5 Å². The highest BCUT2D eigenvalue weighted by Crippen LogP contribution is 2.22. The number of hydrogen-bond donors (Lipinski definition) is 2. The van der Waals surface area contributed by atoms with Gasteiger partial charge in [0, 0.05) is 13.2 Å². The maximum Gasteiger partial charge on any atom is 0.397 e. The zero-order valence-electron chi connectivity index (χ0n) is 14.5. The molecule has 0 unspecified atom stereocenters. The fraction of sp³-hybridized carbons (Fsp3) is 1.00. The summed E-state index contributed by atoms with van der Waals surface area (Å²) in [5, 5.41) is 0. The van der Waals surface area contributed by atoms with E-state index in [-0.39, 0.29) is 13.2 Å². The summed E-state index contributed by atoms with van der Waals surface area (Å²) in [6, 6.07) is 0. The smallest absolute Gasteiger partial charge is 0.381 e. The van der Waals surface area contributed by atoms with E-state index in [4.69, 9.17) is 18.6 Å². The molecule has 0 heterocycles. The van der Waals surface area contributed by atoms with Gasteiger partial charge in [-0.05, 0) is 12.8 Å². The van der Waals surface area contributed by atoms with Crippen molar-refractivity contribution in [2.24, 2.45) is 5.41 Å². The van der Waals surface area contributed by atoms with Crippen LogP contribution in [0.25, 0.3) is 0 Å². The van der Waals surface area contributed by atoms with Crippen molar-refractivity contribution in [1.29, 1.82) is 0 Å². The van der Waals surface area contributed by atoms with Gasteiger partial charge in [-0.25, -0.2) is 8.37 Å². The van der Waals surface area contributed by atoms with Crippen LogP contribution in [-0.4, -0.2) is 65.6 Å². The van der Waals surface area contributed by atoms with Gasteiger partial charge in [0.05, 0.1) is 31.8 Å². The van der Waals surface area contributed by atoms with Crippen molar-refractivity contribution < 1.29 is 43.8 Å². The van der Waals surface area contributed by atoms with Gasteiger partial charge in [0.1, 0.15) is 0 Å². The second kappa shape index (κ2) is 12.1. The maximum absolute atomic E-state index is 10.9. The second-order valence-corrected chi connectivity index (χ2v) is 7.87. The summed E-state index contributed by atoms with van der Waals surface area (Å²) < 4.78 is 80.7. The minimum atomic E-state index is -4.76. The van der Waals surface area contributed by atoms with Crippen LogP contribution < -0.4 is 0 Å². The molecule has 25 heavy (non-hydrogen) atoms. The second-order valence-electron chi connectivity index (χ2n) is 5.69. The lowest BCUT2D eigenvalue weighted by atomic mass is 9.92. The molecular formula is C13H28O10S2. The summed E-state index contributed by atoms with van der Waals surface area (Å²) in [4.78, 5) is 0. The Morgan fingerprint density at radius 3 is 1.36 bits per heavy atom. The number of rotatable bonds is 16. The van der Waals surface area contributed by atoms with Crippen LogP contribution in [-0.2, 0) is 38.6 Å². The van der Waals surface area contributed by atoms with Crippen LogP contribution in [0.4, 0.5) is 0 Å². The van der Waals surface area contributed by atoms with E-state index >= 15 is 0 Å². The third-order valence-electron chi connectivity index (χ3n) is 3.13. The van der Waals surface area contributed by atoms with Crippen LogP contribution in [0.5, 0.6) is 0 Å². The molecule has 0 aliphatic carbocycles. The molecule has 12 heteroatoms. The molecular weight excluding hydrogens is 380 g/mol. The average Bonchev–Trinajstić information content (AvgIpc) is 2.50. The van der Waals surface area contributed by atoms with E-state index in [9.17, 15) is 16.8 Å². The third kappa shape index (κ3) is 14.5. The Bertz CT molecular complexity index is 493. The summed E-state index contributed by atoms with van der Waals surface area (Å²) in [5.74, 6) is 0. The third-order valence-corrected chi connectivity index (χ3v) is 3.96. The lowest BCUT2D eigenvalue weighted by Gasteiger charge is -2.31. The van der Waals surface area contributed by atoms with Gasteiger partial charge in [-0.3, -0.25) is 9.11 Å². The Morgan fingerprint density at radius 2 is 1.08 bits per heavy atom. The van der Waals surface area contributed by atoms with Crippen LogP contribution in [0.1, 0.15) is 39.5 Å². The van der Waals surface area contributed by atoms with Crippen LogP contribution >= 0.6 is 0 Å². The Labute approximate surface area is 149 Å². The van der Waals surface area contributed by atoms with Crippen molar-refractivity contribution >= 4 is 20.8 Å². The van der Waals surface area contributed by atoms with Crippen LogP contribution in [0, 0.1) is 5.41 Å². The first kappa shape index (κ1) is 24.7. The molecule has 0 amide bonds. The number of unbranched alkanes of at least 4 members (excludes halogenated alkanes) is 2. The highest BCUT2D eigenvalue weighted by molar-refractivity contribution is 7.81. The number of hydrogen-bond acceptors (Lipinski definition) is 8. The van der Waals surface area contributed by atoms with Gasteiger partial charge in [0.25, 0.3) is 0 Å². The number of ether oxygens (including phenoxy) is 2. The van der Waals surface area contributed by atoms with Crippen molar-refractivity contribution in [3.8, 4) is 0 Å². The molecule has 0 aliphatic rings. The van der Waals surface area contributed by atoms with Gasteiger partial charge in [0.15, 0.2) is 0 Å². The standard InChI is InChI=1S/C13H28O10S2/c1-3-5-7-20-9-13(10-21-8-6-4-2,11-22-24(14,15)16)12-23-25(17,18)19/h3-12H2,1-2H3,(H,14,15,16)(H,17,18,19). The fourth-order valence-electron chi connectivity index (χ4n) is 1.72. The molecule has 0 saturated carbocycles. The molecule has 0 spiro atoms. The quantitative estimate of drug-likeness (QED) is 0.282. The molecule has 0 aromatic carbocycles. The molecule has 0 aromatic rings. The fourth-order valence-corrected chi connectivity index (χ4v) is 2.52. The van der Waals surface area contributed by atoms with Gasteiger partial charge < -0.3 is 9.47 Å². The van der Waals surface area contributed by atoms with Crippen molar-refractivity contribution in [3.63, 3.8) is 0 Å². The summed E-state index contributed by atoms with van der Waals surface area (Å²) in [7, 11) is -9.52. The summed E-state index contributed by atoms with van der Waals surface area (Å²) in [6.45, 7) is 3.03. The van der Waals surface area contributed by atoms with Gasteiger partial charge >= 0.3 is 20.8 Å². The maximum atomic E-state index is 10.9. The van der Waals surface area contributed by atoms with E-state index < -0.39 is 39.4 Å². The zero-order chi connectivity index (χ0) is 19.4. The molecule has 0 atom stereocenters. The van der Waals surface area contributed by atoms with Crippen LogP contribution in [0.3, 0.4) is 0 Å². The Morgan fingerprint density at radius 1 is 0.720 bits per heavy atom. The topological polar surface area (TPSA) is 146 Å². The minimum absolute atomic E-state index is 0.149. The first-order valence-corrected chi connectivity index (χ1v) is 10.7. The summed E-state index contributed by atoms with van der Waals surface area (Å²) >= 11 is 0. The van der Waals surface area contributed by atoms with E-state index in [1.807, 2.05) is 13.8 Å². The van der Waals surface area contributed by atoms with Crippen molar-refractivity contribution in [3.05, 3.63) is 0 Å². The van der Waals surface area contributed by atoms with Crippen LogP contribution in [0.15, 0.2) is 0 Å². The first-order valence-electron chi connectivity index (χ1n) is 7.93. The van der Waals surface area contributed by atoms with Gasteiger partial charge in [-0.15, -0.1) is 0 Å². The minimum Gasteiger partial charge on any atom is -0.381 e. The van der Waals surface area contributed by atoms with E-state index in [0.717, 1.165) is 25.7 Å². The summed E-state index contributed by atoms with van der Waals surface area (Å²) in [6.07, 6.45) is 3.21. The molecule has 0 bridgehead atoms. The Balaban J connectivity index is 5.11. The highest BCUT2D eigenvalue weighted by atomic mass is 32.3.